The molecule has 0 radical (unpaired) electrons. The summed E-state index contributed by atoms with van der Waals surface area (Å²) in [6.07, 6.45) is 15.0. The Morgan fingerprint density at radius 3 is 2.58 bits per heavy atom. The van der Waals surface area contributed by atoms with Crippen molar-refractivity contribution in [3.05, 3.63) is 11.8 Å². The Morgan fingerprint density at radius 1 is 1.12 bits per heavy atom. The van der Waals surface area contributed by atoms with Crippen LogP contribution in [0.25, 0.3) is 0 Å². The summed E-state index contributed by atoms with van der Waals surface area (Å²) in [5.74, 6) is 1.43. The molecule has 148 valence electrons. The number of unbranched alkanes of at least 4 members (excludes halogenated alkanes) is 1. The summed E-state index contributed by atoms with van der Waals surface area (Å²) in [6, 6.07) is 0.288. The SMILES string of the molecule is O=C(NC1CCCCC1)C1=C[C@H](C2CCCC2)C[C@H](OCCCCO)O1. The predicted molar refractivity (Wildman–Crippen MR) is 100 cm³/mol. The molecule has 2 aliphatic carbocycles. The first kappa shape index (κ1) is 19.7. The molecule has 1 amide bonds. The highest BCUT2D eigenvalue weighted by Crippen LogP contribution is 2.38. The summed E-state index contributed by atoms with van der Waals surface area (Å²) in [6.45, 7) is 0.759. The van der Waals surface area contributed by atoms with E-state index in [0.717, 1.165) is 32.1 Å². The van der Waals surface area contributed by atoms with Gasteiger partial charge in [0.2, 0.25) is 6.29 Å². The van der Waals surface area contributed by atoms with Crippen molar-refractivity contribution in [1.29, 1.82) is 0 Å². The number of aliphatic hydroxyl groups is 1. The topological polar surface area (TPSA) is 67.8 Å². The third-order valence-electron chi connectivity index (χ3n) is 6.11. The predicted octanol–water partition coefficient (Wildman–Crippen LogP) is 3.66. The first-order valence-electron chi connectivity index (χ1n) is 10.7. The Balaban J connectivity index is 1.59. The number of allylic oxidation sites excluding steroid dienone is 1. The minimum Gasteiger partial charge on any atom is -0.459 e. The Bertz CT molecular complexity index is 467. The van der Waals surface area contributed by atoms with Gasteiger partial charge in [0.15, 0.2) is 5.76 Å². The molecule has 0 aromatic rings. The monoisotopic (exact) mass is 365 g/mol. The summed E-state index contributed by atoms with van der Waals surface area (Å²) >= 11 is 0. The molecule has 26 heavy (non-hydrogen) atoms. The number of nitrogens with one attached hydrogen (secondary N) is 1. The van der Waals surface area contributed by atoms with E-state index in [1.165, 1.54) is 44.9 Å². The number of amides is 1. The van der Waals surface area contributed by atoms with Crippen LogP contribution in [0.4, 0.5) is 0 Å². The molecule has 0 spiro atoms. The number of carbonyl (C=O) groups excluding carboxylic acids is 1. The Labute approximate surface area is 157 Å². The zero-order valence-electron chi connectivity index (χ0n) is 16.0. The number of carbonyl (C=O) groups is 1. The van der Waals surface area contributed by atoms with Crippen LogP contribution in [0.1, 0.15) is 77.0 Å². The van der Waals surface area contributed by atoms with Crippen molar-refractivity contribution in [2.75, 3.05) is 13.2 Å². The van der Waals surface area contributed by atoms with E-state index in [0.29, 0.717) is 24.2 Å². The van der Waals surface area contributed by atoms with Gasteiger partial charge in [-0.1, -0.05) is 32.1 Å². The fourth-order valence-corrected chi connectivity index (χ4v) is 4.59. The summed E-state index contributed by atoms with van der Waals surface area (Å²) in [5.41, 5.74) is 0. The molecule has 1 heterocycles. The van der Waals surface area contributed by atoms with Gasteiger partial charge < -0.3 is 19.9 Å². The molecular formula is C21H35NO4. The van der Waals surface area contributed by atoms with Crippen molar-refractivity contribution >= 4 is 5.91 Å². The van der Waals surface area contributed by atoms with Crippen molar-refractivity contribution < 1.29 is 19.4 Å². The Kier molecular flexibility index (Phi) is 7.81. The van der Waals surface area contributed by atoms with Gasteiger partial charge in [-0.2, -0.15) is 0 Å². The van der Waals surface area contributed by atoms with Gasteiger partial charge in [0, 0.05) is 19.1 Å². The van der Waals surface area contributed by atoms with E-state index >= 15 is 0 Å². The maximum Gasteiger partial charge on any atom is 0.286 e. The van der Waals surface area contributed by atoms with Gasteiger partial charge in [-0.05, 0) is 56.4 Å². The molecule has 0 aromatic heterocycles. The van der Waals surface area contributed by atoms with Crippen LogP contribution >= 0.6 is 0 Å². The molecule has 0 saturated heterocycles. The number of hydrogen-bond acceptors (Lipinski definition) is 4. The van der Waals surface area contributed by atoms with Crippen molar-refractivity contribution in [3.8, 4) is 0 Å². The summed E-state index contributed by atoms with van der Waals surface area (Å²) in [5, 5.41) is 12.1. The van der Waals surface area contributed by atoms with Gasteiger partial charge >= 0.3 is 0 Å². The molecule has 2 fully saturated rings. The van der Waals surface area contributed by atoms with Crippen LogP contribution in [-0.4, -0.2) is 36.6 Å². The molecule has 0 bridgehead atoms. The molecule has 2 atom stereocenters. The van der Waals surface area contributed by atoms with Crippen molar-refractivity contribution in [2.45, 2.75) is 89.4 Å². The van der Waals surface area contributed by atoms with Crippen LogP contribution in [0.2, 0.25) is 0 Å². The van der Waals surface area contributed by atoms with Gasteiger partial charge in [0.1, 0.15) is 0 Å². The molecule has 0 aromatic carbocycles. The van der Waals surface area contributed by atoms with Crippen LogP contribution in [0, 0.1) is 11.8 Å². The summed E-state index contributed by atoms with van der Waals surface area (Å²) in [4.78, 5) is 12.8. The first-order chi connectivity index (χ1) is 12.8. The van der Waals surface area contributed by atoms with Crippen LogP contribution in [0.5, 0.6) is 0 Å². The number of aliphatic hydroxyl groups excluding tert-OH is 1. The van der Waals surface area contributed by atoms with E-state index in [1.54, 1.807) is 0 Å². The van der Waals surface area contributed by atoms with Crippen molar-refractivity contribution in [1.82, 2.24) is 5.32 Å². The molecule has 0 unspecified atom stereocenters. The van der Waals surface area contributed by atoms with Gasteiger partial charge in [-0.15, -0.1) is 0 Å². The van der Waals surface area contributed by atoms with E-state index in [4.69, 9.17) is 14.6 Å². The second kappa shape index (κ2) is 10.3. The molecule has 2 saturated carbocycles. The number of ether oxygens (including phenoxy) is 2. The van der Waals surface area contributed by atoms with Crippen molar-refractivity contribution in [3.63, 3.8) is 0 Å². The fourth-order valence-electron chi connectivity index (χ4n) is 4.59. The van der Waals surface area contributed by atoms with Gasteiger partial charge in [0.25, 0.3) is 5.91 Å². The highest BCUT2D eigenvalue weighted by molar-refractivity contribution is 5.91. The van der Waals surface area contributed by atoms with Gasteiger partial charge in [0.05, 0.1) is 6.61 Å². The van der Waals surface area contributed by atoms with E-state index in [1.807, 2.05) is 0 Å². The minimum atomic E-state index is -0.337. The Hall–Kier alpha value is -1.07. The molecule has 5 heteroatoms. The van der Waals surface area contributed by atoms with Crippen LogP contribution in [0.15, 0.2) is 11.8 Å². The molecule has 5 nitrogen and oxygen atoms in total. The molecule has 3 rings (SSSR count). The normalized spacial score (nSPS) is 27.8. The lowest BCUT2D eigenvalue weighted by Crippen LogP contribution is -2.40. The highest BCUT2D eigenvalue weighted by atomic mass is 16.7. The molecular weight excluding hydrogens is 330 g/mol. The van der Waals surface area contributed by atoms with E-state index in [9.17, 15) is 4.79 Å². The second-order valence-electron chi connectivity index (χ2n) is 8.13. The smallest absolute Gasteiger partial charge is 0.286 e. The van der Waals surface area contributed by atoms with Crippen LogP contribution in [0.3, 0.4) is 0 Å². The molecule has 1 aliphatic heterocycles. The minimum absolute atomic E-state index is 0.0662. The quantitative estimate of drug-likeness (QED) is 0.644. The van der Waals surface area contributed by atoms with Crippen molar-refractivity contribution in [2.24, 2.45) is 11.8 Å². The van der Waals surface area contributed by atoms with Crippen LogP contribution < -0.4 is 5.32 Å². The number of rotatable bonds is 8. The average molecular weight is 366 g/mol. The maximum atomic E-state index is 12.8. The zero-order valence-corrected chi connectivity index (χ0v) is 16.0. The first-order valence-corrected chi connectivity index (χ1v) is 10.7. The molecule has 3 aliphatic rings. The largest absolute Gasteiger partial charge is 0.459 e. The lowest BCUT2D eigenvalue weighted by molar-refractivity contribution is -0.151. The van der Waals surface area contributed by atoms with E-state index < -0.39 is 0 Å². The third kappa shape index (κ3) is 5.71. The summed E-state index contributed by atoms with van der Waals surface area (Å²) in [7, 11) is 0. The lowest BCUT2D eigenvalue weighted by Gasteiger charge is -2.32. The maximum absolute atomic E-state index is 12.8. The summed E-state index contributed by atoms with van der Waals surface area (Å²) < 4.78 is 11.8. The van der Waals surface area contributed by atoms with E-state index in [2.05, 4.69) is 11.4 Å². The lowest BCUT2D eigenvalue weighted by atomic mass is 9.86. The second-order valence-corrected chi connectivity index (χ2v) is 8.13. The van der Waals surface area contributed by atoms with Crippen LogP contribution in [-0.2, 0) is 14.3 Å². The number of hydrogen-bond donors (Lipinski definition) is 2. The van der Waals surface area contributed by atoms with Gasteiger partial charge in [-0.3, -0.25) is 4.79 Å². The standard InChI is InChI=1S/C21H35NO4/c23-12-6-7-13-25-20-15-17(16-8-4-5-9-16)14-19(26-20)21(24)22-18-10-2-1-3-11-18/h14,16-18,20,23H,1-13,15H2,(H,22,24)/t17-,20+/m0/s1. The fraction of sp³-hybridized carbons (Fsp3) is 0.857. The highest BCUT2D eigenvalue weighted by Gasteiger charge is 2.34. The zero-order chi connectivity index (χ0) is 18.2. The van der Waals surface area contributed by atoms with E-state index in [-0.39, 0.29) is 24.8 Å². The van der Waals surface area contributed by atoms with Gasteiger partial charge in [-0.25, -0.2) is 0 Å². The average Bonchev–Trinajstić information content (AvgIpc) is 3.21. The molecule has 2 N–H and O–H groups in total. The third-order valence-corrected chi connectivity index (χ3v) is 6.11. The Morgan fingerprint density at radius 2 is 1.85 bits per heavy atom.